The minimum absolute atomic E-state index is 0.256. The van der Waals surface area contributed by atoms with Gasteiger partial charge in [-0.3, -0.25) is 10.00 Å². The summed E-state index contributed by atoms with van der Waals surface area (Å²) < 4.78 is 11.5. The molecule has 0 spiro atoms. The smallest absolute Gasteiger partial charge is 0.161 e. The molecule has 1 unspecified atom stereocenters. The van der Waals surface area contributed by atoms with Gasteiger partial charge in [0.25, 0.3) is 0 Å². The third kappa shape index (κ3) is 6.70. The van der Waals surface area contributed by atoms with E-state index >= 15 is 0 Å². The number of aromatic amines is 1. The highest BCUT2D eigenvalue weighted by atomic mass is 16.5. The Labute approximate surface area is 192 Å². The van der Waals surface area contributed by atoms with Crippen molar-refractivity contribution < 1.29 is 14.6 Å². The number of aliphatic hydroxyl groups excluding tert-OH is 1. The highest BCUT2D eigenvalue weighted by Crippen LogP contribution is 2.29. The average Bonchev–Trinajstić information content (AvgIpc) is 3.10. The molecule has 2 N–H and O–H groups in total. The lowest BCUT2D eigenvalue weighted by Crippen LogP contribution is -2.40. The second-order valence-corrected chi connectivity index (χ2v) is 9.27. The fourth-order valence-electron chi connectivity index (χ4n) is 4.62. The van der Waals surface area contributed by atoms with Crippen LogP contribution in [0.25, 0.3) is 0 Å². The monoisotopic (exact) mass is 444 g/mol. The molecular weight excluding hydrogens is 404 g/mol. The number of nitrogens with one attached hydrogen (secondary N) is 1. The number of hydrogen-bond donors (Lipinski definition) is 2. The van der Waals surface area contributed by atoms with Crippen molar-refractivity contribution in [2.45, 2.75) is 71.2 Å². The lowest BCUT2D eigenvalue weighted by atomic mass is 9.94. The van der Waals surface area contributed by atoms with Crippen LogP contribution in [0.1, 0.15) is 54.6 Å². The number of ether oxygens (including phenoxy) is 2. The van der Waals surface area contributed by atoms with Gasteiger partial charge < -0.3 is 19.5 Å². The standard InChI is InChI=1S/C25H40N4O3/c1-18-23(19(2)27-26-18)16-28(3)14-20-11-12-24(25(13-20)31-5)32-17-22(30)15-29(4)21-9-7-6-8-10-21/h11-13,21-22,30H,6-10,14-17H2,1-5H3,(H,26,27). The van der Waals surface area contributed by atoms with E-state index in [1.54, 1.807) is 7.11 Å². The Hall–Kier alpha value is -2.09. The third-order valence-corrected chi connectivity index (χ3v) is 6.52. The van der Waals surface area contributed by atoms with E-state index < -0.39 is 6.10 Å². The molecule has 0 bridgehead atoms. The van der Waals surface area contributed by atoms with Crippen molar-refractivity contribution in [1.29, 1.82) is 0 Å². The first kappa shape index (κ1) is 24.6. The molecule has 1 fully saturated rings. The summed E-state index contributed by atoms with van der Waals surface area (Å²) in [6, 6.07) is 6.60. The minimum Gasteiger partial charge on any atom is -0.493 e. The Morgan fingerprint density at radius 1 is 1.12 bits per heavy atom. The number of hydrogen-bond acceptors (Lipinski definition) is 6. The predicted octanol–water partition coefficient (Wildman–Crippen LogP) is 3.67. The van der Waals surface area contributed by atoms with Crippen LogP contribution in [0.5, 0.6) is 11.5 Å². The zero-order valence-corrected chi connectivity index (χ0v) is 20.4. The first-order valence-corrected chi connectivity index (χ1v) is 11.7. The van der Waals surface area contributed by atoms with Gasteiger partial charge in [-0.15, -0.1) is 0 Å². The summed E-state index contributed by atoms with van der Waals surface area (Å²) in [5.41, 5.74) is 4.55. The maximum Gasteiger partial charge on any atom is 0.161 e. The molecule has 0 aliphatic heterocycles. The molecule has 1 aliphatic rings. The van der Waals surface area contributed by atoms with Gasteiger partial charge in [0.2, 0.25) is 0 Å². The SMILES string of the molecule is COc1cc(CN(C)Cc2c(C)n[nH]c2C)ccc1OCC(O)CN(C)C1CCCCC1. The summed E-state index contributed by atoms with van der Waals surface area (Å²) in [5, 5.41) is 17.8. The summed E-state index contributed by atoms with van der Waals surface area (Å²) in [7, 11) is 5.86. The van der Waals surface area contributed by atoms with Crippen LogP contribution in [0, 0.1) is 13.8 Å². The largest absolute Gasteiger partial charge is 0.493 e. The summed E-state index contributed by atoms with van der Waals surface area (Å²) >= 11 is 0. The number of nitrogens with zero attached hydrogens (tertiary/aromatic N) is 3. The fraction of sp³-hybridized carbons (Fsp3) is 0.640. The molecule has 1 aliphatic carbocycles. The number of rotatable bonds is 11. The topological polar surface area (TPSA) is 73.8 Å². The van der Waals surface area contributed by atoms with Gasteiger partial charge in [-0.25, -0.2) is 0 Å². The zero-order chi connectivity index (χ0) is 23.1. The lowest BCUT2D eigenvalue weighted by Gasteiger charge is -2.32. The molecule has 1 saturated carbocycles. The van der Waals surface area contributed by atoms with Crippen LogP contribution in [0.3, 0.4) is 0 Å². The van der Waals surface area contributed by atoms with Crippen LogP contribution in [-0.4, -0.2) is 71.6 Å². The number of likely N-dealkylation sites (N-methyl/N-ethyl adjacent to an activating group) is 1. The fourth-order valence-corrected chi connectivity index (χ4v) is 4.62. The number of aromatic nitrogens is 2. The number of benzene rings is 1. The molecule has 178 valence electrons. The predicted molar refractivity (Wildman–Crippen MR) is 127 cm³/mol. The van der Waals surface area contributed by atoms with Crippen molar-refractivity contribution in [1.82, 2.24) is 20.0 Å². The minimum atomic E-state index is -0.529. The second-order valence-electron chi connectivity index (χ2n) is 9.27. The lowest BCUT2D eigenvalue weighted by molar-refractivity contribution is 0.0553. The van der Waals surface area contributed by atoms with Gasteiger partial charge >= 0.3 is 0 Å². The quantitative estimate of drug-likeness (QED) is 0.551. The molecule has 0 saturated heterocycles. The molecule has 1 aromatic heterocycles. The highest BCUT2D eigenvalue weighted by Gasteiger charge is 2.20. The van der Waals surface area contributed by atoms with E-state index in [0.717, 1.165) is 30.0 Å². The molecule has 3 rings (SSSR count). The second kappa shape index (κ2) is 11.7. The van der Waals surface area contributed by atoms with Crippen molar-refractivity contribution >= 4 is 0 Å². The maximum absolute atomic E-state index is 10.5. The van der Waals surface area contributed by atoms with E-state index in [1.807, 2.05) is 19.1 Å². The van der Waals surface area contributed by atoms with Gasteiger partial charge in [-0.05, 0) is 58.5 Å². The van der Waals surface area contributed by atoms with Crippen LogP contribution in [0.15, 0.2) is 18.2 Å². The molecule has 0 amide bonds. The molecule has 1 atom stereocenters. The number of aliphatic hydroxyl groups is 1. The van der Waals surface area contributed by atoms with E-state index in [0.29, 0.717) is 24.1 Å². The summed E-state index contributed by atoms with van der Waals surface area (Å²) in [5.74, 6) is 1.36. The molecule has 32 heavy (non-hydrogen) atoms. The van der Waals surface area contributed by atoms with Crippen molar-refractivity contribution in [3.8, 4) is 11.5 Å². The Balaban J connectivity index is 1.52. The van der Waals surface area contributed by atoms with Gasteiger partial charge in [0.15, 0.2) is 11.5 Å². The van der Waals surface area contributed by atoms with Crippen molar-refractivity contribution in [3.05, 3.63) is 40.7 Å². The summed E-state index contributed by atoms with van der Waals surface area (Å²) in [6.07, 6.45) is 5.85. The first-order valence-electron chi connectivity index (χ1n) is 11.7. The van der Waals surface area contributed by atoms with E-state index in [2.05, 4.69) is 47.1 Å². The van der Waals surface area contributed by atoms with Gasteiger partial charge in [-0.1, -0.05) is 25.3 Å². The normalized spacial score (nSPS) is 16.0. The third-order valence-electron chi connectivity index (χ3n) is 6.52. The molecular formula is C25H40N4O3. The number of methoxy groups -OCH3 is 1. The Morgan fingerprint density at radius 3 is 2.53 bits per heavy atom. The van der Waals surface area contributed by atoms with Crippen molar-refractivity contribution in [2.24, 2.45) is 0 Å². The summed E-state index contributed by atoms with van der Waals surface area (Å²) in [4.78, 5) is 4.54. The van der Waals surface area contributed by atoms with E-state index in [4.69, 9.17) is 9.47 Å². The Bertz CT molecular complexity index is 828. The number of aryl methyl sites for hydroxylation is 2. The van der Waals surface area contributed by atoms with Crippen molar-refractivity contribution in [3.63, 3.8) is 0 Å². The van der Waals surface area contributed by atoms with Crippen LogP contribution in [0.2, 0.25) is 0 Å². The molecule has 1 aromatic carbocycles. The Morgan fingerprint density at radius 2 is 1.88 bits per heavy atom. The molecule has 0 radical (unpaired) electrons. The van der Waals surface area contributed by atoms with Gasteiger partial charge in [0.05, 0.1) is 12.8 Å². The van der Waals surface area contributed by atoms with Crippen molar-refractivity contribution in [2.75, 3.05) is 34.4 Å². The van der Waals surface area contributed by atoms with Gasteiger partial charge in [0.1, 0.15) is 12.7 Å². The molecule has 7 heteroatoms. The van der Waals surface area contributed by atoms with E-state index in [9.17, 15) is 5.11 Å². The van der Waals surface area contributed by atoms with E-state index in [1.165, 1.54) is 37.7 Å². The van der Waals surface area contributed by atoms with Gasteiger partial charge in [0, 0.05) is 36.9 Å². The highest BCUT2D eigenvalue weighted by molar-refractivity contribution is 5.43. The molecule has 1 heterocycles. The van der Waals surface area contributed by atoms with Crippen LogP contribution in [-0.2, 0) is 13.1 Å². The summed E-state index contributed by atoms with van der Waals surface area (Å²) in [6.45, 7) is 6.59. The first-order chi connectivity index (χ1) is 15.4. The molecule has 2 aromatic rings. The zero-order valence-electron chi connectivity index (χ0n) is 20.4. The maximum atomic E-state index is 10.5. The van der Waals surface area contributed by atoms with E-state index in [-0.39, 0.29) is 6.61 Å². The molecule has 7 nitrogen and oxygen atoms in total. The number of H-pyrrole nitrogens is 1. The Kier molecular flexibility index (Phi) is 8.96. The van der Waals surface area contributed by atoms with Crippen LogP contribution >= 0.6 is 0 Å². The van der Waals surface area contributed by atoms with Gasteiger partial charge in [-0.2, -0.15) is 5.10 Å². The van der Waals surface area contributed by atoms with Crippen LogP contribution in [0.4, 0.5) is 0 Å². The average molecular weight is 445 g/mol. The van der Waals surface area contributed by atoms with Crippen LogP contribution < -0.4 is 9.47 Å².